The number of ether oxygens (including phenoxy) is 2. The van der Waals surface area contributed by atoms with E-state index < -0.39 is 0 Å². The van der Waals surface area contributed by atoms with E-state index in [0.717, 1.165) is 31.1 Å². The minimum atomic E-state index is -0.365. The lowest BCUT2D eigenvalue weighted by Crippen LogP contribution is -2.66. The fourth-order valence-electron chi connectivity index (χ4n) is 8.87. The number of imide groups is 1. The standard InChI is InChI=1S/C24H34N2O4/c27-23-18-17-13-7-3-4-8-14(13)25-20(17)22-21(19(18)24(28)26-23)29-15-9-11-5-1-2-6-12(11)10-16(15)30-22/h11-22,25H,1-10H2,(H,26,27,28). The molecule has 3 saturated heterocycles. The molecule has 164 valence electrons. The van der Waals surface area contributed by atoms with Gasteiger partial charge in [0.2, 0.25) is 11.8 Å². The van der Waals surface area contributed by atoms with Gasteiger partial charge in [-0.05, 0) is 49.4 Å². The van der Waals surface area contributed by atoms with E-state index in [1.165, 1.54) is 44.9 Å². The molecule has 12 unspecified atom stereocenters. The number of carbonyl (C=O) groups excluding carboxylic acids is 2. The van der Waals surface area contributed by atoms with Gasteiger partial charge in [0.1, 0.15) is 6.10 Å². The van der Waals surface area contributed by atoms with Gasteiger partial charge in [-0.15, -0.1) is 0 Å². The summed E-state index contributed by atoms with van der Waals surface area (Å²) in [7, 11) is 0. The van der Waals surface area contributed by atoms with Crippen LogP contribution in [0.3, 0.4) is 0 Å². The van der Waals surface area contributed by atoms with Crippen LogP contribution < -0.4 is 10.6 Å². The molecule has 3 heterocycles. The van der Waals surface area contributed by atoms with Crippen LogP contribution in [0.25, 0.3) is 0 Å². The highest BCUT2D eigenvalue weighted by atomic mass is 16.6. The number of hydrogen-bond donors (Lipinski definition) is 2. The van der Waals surface area contributed by atoms with Crippen LogP contribution in [-0.2, 0) is 19.1 Å². The second-order valence-corrected chi connectivity index (χ2v) is 11.3. The highest BCUT2D eigenvalue weighted by molar-refractivity contribution is 6.05. The van der Waals surface area contributed by atoms with Crippen molar-refractivity contribution in [3.63, 3.8) is 0 Å². The van der Waals surface area contributed by atoms with Crippen LogP contribution in [0.5, 0.6) is 0 Å². The number of nitrogens with one attached hydrogen (secondary N) is 2. The smallest absolute Gasteiger partial charge is 0.233 e. The lowest BCUT2D eigenvalue weighted by Gasteiger charge is -2.55. The monoisotopic (exact) mass is 414 g/mol. The van der Waals surface area contributed by atoms with Crippen LogP contribution in [0.15, 0.2) is 0 Å². The van der Waals surface area contributed by atoms with Gasteiger partial charge in [0, 0.05) is 12.1 Å². The molecule has 0 aromatic rings. The van der Waals surface area contributed by atoms with Crippen LogP contribution in [0.4, 0.5) is 0 Å². The van der Waals surface area contributed by atoms with E-state index in [1.807, 2.05) is 0 Å². The average Bonchev–Trinajstić information content (AvgIpc) is 3.28. The topological polar surface area (TPSA) is 76.7 Å². The van der Waals surface area contributed by atoms with Gasteiger partial charge in [0.15, 0.2) is 0 Å². The maximum atomic E-state index is 12.9. The number of rotatable bonds is 0. The summed E-state index contributed by atoms with van der Waals surface area (Å²) in [5.41, 5.74) is 0. The Morgan fingerprint density at radius 2 is 1.37 bits per heavy atom. The Labute approximate surface area is 178 Å². The molecule has 6 nitrogen and oxygen atoms in total. The molecule has 6 heteroatoms. The summed E-state index contributed by atoms with van der Waals surface area (Å²) in [6, 6.07) is 0.609. The van der Waals surface area contributed by atoms with Crippen molar-refractivity contribution in [2.75, 3.05) is 0 Å². The molecule has 4 saturated carbocycles. The molecular formula is C24H34N2O4. The summed E-state index contributed by atoms with van der Waals surface area (Å²) < 4.78 is 13.6. The molecule has 0 aromatic carbocycles. The van der Waals surface area contributed by atoms with Crippen molar-refractivity contribution in [2.24, 2.45) is 35.5 Å². The van der Waals surface area contributed by atoms with E-state index in [-0.39, 0.29) is 60.0 Å². The first-order chi connectivity index (χ1) is 14.7. The molecule has 2 N–H and O–H groups in total. The molecule has 7 aliphatic rings. The molecule has 3 aliphatic heterocycles. The minimum absolute atomic E-state index is 0.0619. The fourth-order valence-corrected chi connectivity index (χ4v) is 8.87. The Hall–Kier alpha value is -0.980. The first-order valence-corrected chi connectivity index (χ1v) is 12.6. The van der Waals surface area contributed by atoms with Gasteiger partial charge >= 0.3 is 0 Å². The summed E-state index contributed by atoms with van der Waals surface area (Å²) >= 11 is 0. The van der Waals surface area contributed by atoms with Crippen molar-refractivity contribution in [3.05, 3.63) is 0 Å². The predicted molar refractivity (Wildman–Crippen MR) is 108 cm³/mol. The summed E-state index contributed by atoms with van der Waals surface area (Å²) in [5, 5.41) is 6.57. The van der Waals surface area contributed by atoms with E-state index in [2.05, 4.69) is 10.6 Å². The maximum Gasteiger partial charge on any atom is 0.233 e. The van der Waals surface area contributed by atoms with Gasteiger partial charge in [-0.2, -0.15) is 0 Å². The molecular weight excluding hydrogens is 380 g/mol. The molecule has 0 aromatic heterocycles. The zero-order valence-corrected chi connectivity index (χ0v) is 17.6. The van der Waals surface area contributed by atoms with Crippen molar-refractivity contribution >= 4 is 11.8 Å². The van der Waals surface area contributed by atoms with Crippen LogP contribution in [0.2, 0.25) is 0 Å². The first-order valence-electron chi connectivity index (χ1n) is 12.6. The minimum Gasteiger partial charge on any atom is -0.369 e. The molecule has 30 heavy (non-hydrogen) atoms. The van der Waals surface area contributed by atoms with Gasteiger partial charge < -0.3 is 14.8 Å². The van der Waals surface area contributed by atoms with Gasteiger partial charge in [-0.25, -0.2) is 0 Å². The quantitative estimate of drug-likeness (QED) is 0.594. The molecule has 7 fully saturated rings. The Balaban J connectivity index is 1.23. The number of amides is 2. The zero-order chi connectivity index (χ0) is 20.0. The van der Waals surface area contributed by atoms with Crippen molar-refractivity contribution in [2.45, 2.75) is 101 Å². The molecule has 0 spiro atoms. The Bertz CT molecular complexity index is 757. The van der Waals surface area contributed by atoms with E-state index in [9.17, 15) is 9.59 Å². The highest BCUT2D eigenvalue weighted by Gasteiger charge is 2.67. The normalized spacial score (nSPS) is 56.7. The largest absolute Gasteiger partial charge is 0.369 e. The predicted octanol–water partition coefficient (Wildman–Crippen LogP) is 2.16. The van der Waals surface area contributed by atoms with E-state index in [1.54, 1.807) is 0 Å². The molecule has 7 rings (SSSR count). The third-order valence-corrected chi connectivity index (χ3v) is 10.0. The second-order valence-electron chi connectivity index (χ2n) is 11.3. The van der Waals surface area contributed by atoms with Crippen molar-refractivity contribution in [1.29, 1.82) is 0 Å². The summed E-state index contributed by atoms with van der Waals surface area (Å²) in [6.07, 6.45) is 12.2. The van der Waals surface area contributed by atoms with Crippen LogP contribution in [0, 0.1) is 35.5 Å². The molecule has 2 amide bonds. The Morgan fingerprint density at radius 3 is 2.13 bits per heavy atom. The second kappa shape index (κ2) is 6.76. The highest BCUT2D eigenvalue weighted by Crippen LogP contribution is 2.54. The summed E-state index contributed by atoms with van der Waals surface area (Å²) in [4.78, 5) is 25.8. The fraction of sp³-hybridized carbons (Fsp3) is 0.917. The Morgan fingerprint density at radius 1 is 0.733 bits per heavy atom. The van der Waals surface area contributed by atoms with E-state index >= 15 is 0 Å². The van der Waals surface area contributed by atoms with Crippen molar-refractivity contribution < 1.29 is 19.1 Å². The maximum absolute atomic E-state index is 12.9. The zero-order valence-electron chi connectivity index (χ0n) is 17.6. The van der Waals surface area contributed by atoms with Crippen molar-refractivity contribution in [3.8, 4) is 0 Å². The lowest BCUT2D eigenvalue weighted by molar-refractivity contribution is -0.274. The van der Waals surface area contributed by atoms with E-state index in [0.29, 0.717) is 12.0 Å². The van der Waals surface area contributed by atoms with Gasteiger partial charge in [-0.1, -0.05) is 38.5 Å². The molecule has 4 aliphatic carbocycles. The van der Waals surface area contributed by atoms with Crippen LogP contribution >= 0.6 is 0 Å². The molecule has 0 bridgehead atoms. The lowest BCUT2D eigenvalue weighted by atomic mass is 9.62. The van der Waals surface area contributed by atoms with E-state index in [4.69, 9.17) is 9.47 Å². The third-order valence-electron chi connectivity index (χ3n) is 10.0. The van der Waals surface area contributed by atoms with Crippen LogP contribution in [0.1, 0.15) is 64.2 Å². The molecule has 0 radical (unpaired) electrons. The molecule has 12 atom stereocenters. The van der Waals surface area contributed by atoms with Crippen LogP contribution in [-0.4, -0.2) is 48.3 Å². The summed E-state index contributed by atoms with van der Waals surface area (Å²) in [6.45, 7) is 0. The van der Waals surface area contributed by atoms with Gasteiger partial charge in [0.25, 0.3) is 0 Å². The summed E-state index contributed by atoms with van der Waals surface area (Å²) in [5.74, 6) is 1.44. The van der Waals surface area contributed by atoms with Gasteiger partial charge in [-0.3, -0.25) is 14.9 Å². The first kappa shape index (κ1) is 18.6. The third kappa shape index (κ3) is 2.53. The average molecular weight is 415 g/mol. The Kier molecular flexibility index (Phi) is 4.18. The van der Waals surface area contributed by atoms with Crippen molar-refractivity contribution in [1.82, 2.24) is 10.6 Å². The number of hydrogen-bond acceptors (Lipinski definition) is 5. The SMILES string of the molecule is O=C1NC(=O)C2C1C1OC3CC4CCCCC4CC3OC1C1NC3CCCCC3C12. The number of fused-ring (bicyclic) bond motifs is 10. The van der Waals surface area contributed by atoms with Gasteiger partial charge in [0.05, 0.1) is 30.1 Å². The number of carbonyl (C=O) groups is 2.